The third-order valence-electron chi connectivity index (χ3n) is 2.39. The van der Waals surface area contributed by atoms with Crippen molar-refractivity contribution < 1.29 is 4.74 Å². The van der Waals surface area contributed by atoms with E-state index < -0.39 is 0 Å². The number of hydrogen-bond acceptors (Lipinski definition) is 3. The Morgan fingerprint density at radius 1 is 1.24 bits per heavy atom. The molecule has 1 aromatic carbocycles. The lowest BCUT2D eigenvalue weighted by molar-refractivity contribution is 0.110. The van der Waals surface area contributed by atoms with E-state index in [-0.39, 0.29) is 0 Å². The van der Waals surface area contributed by atoms with Crippen LogP contribution in [0.25, 0.3) is 0 Å². The van der Waals surface area contributed by atoms with Crippen molar-refractivity contribution in [3.05, 3.63) is 47.8 Å². The molecule has 0 aliphatic rings. The summed E-state index contributed by atoms with van der Waals surface area (Å²) < 4.78 is 7.32. The first-order chi connectivity index (χ1) is 8.40. The van der Waals surface area contributed by atoms with Crippen LogP contribution in [0.3, 0.4) is 0 Å². The van der Waals surface area contributed by atoms with Crippen LogP contribution >= 0.6 is 11.6 Å². The minimum absolute atomic E-state index is 0.422. The Balaban J connectivity index is 1.73. The third-order valence-corrected chi connectivity index (χ3v) is 2.67. The molecule has 0 atom stereocenters. The molecule has 0 N–H and O–H groups in total. The van der Waals surface area contributed by atoms with Gasteiger partial charge >= 0.3 is 0 Å². The van der Waals surface area contributed by atoms with Gasteiger partial charge in [-0.1, -0.05) is 35.5 Å². The normalized spacial score (nSPS) is 10.6. The molecule has 0 spiro atoms. The van der Waals surface area contributed by atoms with Gasteiger partial charge in [-0.15, -0.1) is 16.7 Å². The van der Waals surface area contributed by atoms with Gasteiger partial charge in [-0.3, -0.25) is 0 Å². The summed E-state index contributed by atoms with van der Waals surface area (Å²) >= 11 is 5.74. The van der Waals surface area contributed by atoms with Crippen LogP contribution in [0, 0.1) is 0 Å². The van der Waals surface area contributed by atoms with Crippen molar-refractivity contribution in [2.45, 2.75) is 19.0 Å². The topological polar surface area (TPSA) is 39.9 Å². The molecular formula is C12H14ClN3O. The Bertz CT molecular complexity index is 444. The highest BCUT2D eigenvalue weighted by Crippen LogP contribution is 2.02. The van der Waals surface area contributed by atoms with Crippen molar-refractivity contribution in [2.75, 3.05) is 6.61 Å². The van der Waals surface area contributed by atoms with E-state index in [0.717, 1.165) is 5.69 Å². The molecule has 0 bridgehead atoms. The second-order valence-electron chi connectivity index (χ2n) is 3.62. The largest absolute Gasteiger partial charge is 0.375 e. The molecule has 17 heavy (non-hydrogen) atoms. The zero-order chi connectivity index (χ0) is 11.9. The van der Waals surface area contributed by atoms with Crippen LogP contribution in [0.4, 0.5) is 0 Å². The van der Waals surface area contributed by atoms with Crippen LogP contribution in [0.1, 0.15) is 11.3 Å². The second-order valence-corrected chi connectivity index (χ2v) is 3.89. The van der Waals surface area contributed by atoms with Gasteiger partial charge in [0.1, 0.15) is 0 Å². The molecule has 0 aliphatic carbocycles. The highest BCUT2D eigenvalue weighted by atomic mass is 35.5. The predicted molar refractivity (Wildman–Crippen MR) is 65.7 cm³/mol. The van der Waals surface area contributed by atoms with Gasteiger partial charge < -0.3 is 4.74 Å². The van der Waals surface area contributed by atoms with Crippen LogP contribution in [-0.2, 0) is 23.8 Å². The fourth-order valence-corrected chi connectivity index (χ4v) is 1.69. The van der Waals surface area contributed by atoms with Crippen LogP contribution in [0.15, 0.2) is 36.5 Å². The third kappa shape index (κ3) is 3.54. The van der Waals surface area contributed by atoms with Gasteiger partial charge in [0.05, 0.1) is 37.5 Å². The maximum absolute atomic E-state index is 5.74. The van der Waals surface area contributed by atoms with Crippen LogP contribution in [0.5, 0.6) is 0 Å². The van der Waals surface area contributed by atoms with E-state index in [0.29, 0.717) is 25.6 Å². The van der Waals surface area contributed by atoms with E-state index in [1.165, 1.54) is 5.56 Å². The van der Waals surface area contributed by atoms with Crippen molar-refractivity contribution in [1.82, 2.24) is 15.0 Å². The Morgan fingerprint density at radius 3 is 2.82 bits per heavy atom. The maximum Gasteiger partial charge on any atom is 0.0737 e. The highest BCUT2D eigenvalue weighted by molar-refractivity contribution is 6.16. The quantitative estimate of drug-likeness (QED) is 0.584. The molecular weight excluding hydrogens is 238 g/mol. The molecule has 2 rings (SSSR count). The summed E-state index contributed by atoms with van der Waals surface area (Å²) in [4.78, 5) is 0. The molecule has 0 aliphatic heterocycles. The van der Waals surface area contributed by atoms with Gasteiger partial charge in [0.25, 0.3) is 0 Å². The van der Waals surface area contributed by atoms with Crippen molar-refractivity contribution in [3.63, 3.8) is 0 Å². The molecule has 2 aromatic rings. The molecule has 1 heterocycles. The predicted octanol–water partition coefficient (Wildman–Crippen LogP) is 2.23. The molecule has 0 saturated carbocycles. The molecule has 0 amide bonds. The molecule has 0 saturated heterocycles. The average molecular weight is 252 g/mol. The smallest absolute Gasteiger partial charge is 0.0737 e. The van der Waals surface area contributed by atoms with Crippen molar-refractivity contribution >= 4 is 11.6 Å². The summed E-state index contributed by atoms with van der Waals surface area (Å²) in [5.41, 5.74) is 2.08. The summed E-state index contributed by atoms with van der Waals surface area (Å²) in [7, 11) is 0. The van der Waals surface area contributed by atoms with Gasteiger partial charge in [0, 0.05) is 0 Å². The van der Waals surface area contributed by atoms with Gasteiger partial charge in [-0.25, -0.2) is 4.68 Å². The number of halogens is 1. The summed E-state index contributed by atoms with van der Waals surface area (Å²) in [6, 6.07) is 10.1. The molecule has 4 nitrogen and oxygen atoms in total. The molecule has 0 radical (unpaired) electrons. The number of nitrogens with zero attached hydrogens (tertiary/aromatic N) is 3. The summed E-state index contributed by atoms with van der Waals surface area (Å²) in [5.74, 6) is 0.422. The van der Waals surface area contributed by atoms with Crippen molar-refractivity contribution in [1.29, 1.82) is 0 Å². The lowest BCUT2D eigenvalue weighted by Crippen LogP contribution is -2.10. The Hall–Kier alpha value is -1.39. The summed E-state index contributed by atoms with van der Waals surface area (Å²) in [5, 5.41) is 7.74. The van der Waals surface area contributed by atoms with Crippen molar-refractivity contribution in [3.8, 4) is 0 Å². The van der Waals surface area contributed by atoms with Gasteiger partial charge in [0.15, 0.2) is 0 Å². The van der Waals surface area contributed by atoms with Gasteiger partial charge in [-0.05, 0) is 5.56 Å². The van der Waals surface area contributed by atoms with E-state index in [1.54, 1.807) is 10.9 Å². The number of alkyl halides is 1. The minimum atomic E-state index is 0.422. The molecule has 90 valence electrons. The van der Waals surface area contributed by atoms with Gasteiger partial charge in [-0.2, -0.15) is 0 Å². The summed E-state index contributed by atoms with van der Waals surface area (Å²) in [6.07, 6.45) is 1.67. The molecule has 0 fully saturated rings. The fraction of sp³-hybridized carbons (Fsp3) is 0.333. The van der Waals surface area contributed by atoms with Crippen LogP contribution in [0.2, 0.25) is 0 Å². The van der Waals surface area contributed by atoms with E-state index >= 15 is 0 Å². The Morgan fingerprint density at radius 2 is 2.06 bits per heavy atom. The zero-order valence-electron chi connectivity index (χ0n) is 9.42. The van der Waals surface area contributed by atoms with E-state index in [2.05, 4.69) is 10.3 Å². The van der Waals surface area contributed by atoms with E-state index in [9.17, 15) is 0 Å². The average Bonchev–Trinajstić information content (AvgIpc) is 2.83. The van der Waals surface area contributed by atoms with E-state index in [4.69, 9.17) is 16.3 Å². The van der Waals surface area contributed by atoms with Crippen LogP contribution < -0.4 is 0 Å². The number of rotatable bonds is 6. The first-order valence-corrected chi connectivity index (χ1v) is 5.98. The SMILES string of the molecule is ClCc1cnnn1CCOCc1ccccc1. The van der Waals surface area contributed by atoms with E-state index in [1.807, 2.05) is 30.3 Å². The number of hydrogen-bond donors (Lipinski definition) is 0. The molecule has 5 heteroatoms. The Kier molecular flexibility index (Phi) is 4.53. The lowest BCUT2D eigenvalue weighted by Gasteiger charge is -2.05. The number of benzene rings is 1. The summed E-state index contributed by atoms with van der Waals surface area (Å²) in [6.45, 7) is 1.89. The van der Waals surface area contributed by atoms with Crippen molar-refractivity contribution in [2.24, 2.45) is 0 Å². The van der Waals surface area contributed by atoms with Gasteiger partial charge in [0.2, 0.25) is 0 Å². The monoisotopic (exact) mass is 251 g/mol. The first-order valence-electron chi connectivity index (χ1n) is 5.45. The molecule has 1 aromatic heterocycles. The minimum Gasteiger partial charge on any atom is -0.375 e. The lowest BCUT2D eigenvalue weighted by atomic mass is 10.2. The molecule has 0 unspecified atom stereocenters. The second kappa shape index (κ2) is 6.37. The first kappa shape index (κ1) is 12.1. The zero-order valence-corrected chi connectivity index (χ0v) is 10.2. The Labute approximate surface area is 105 Å². The fourth-order valence-electron chi connectivity index (χ4n) is 1.49. The highest BCUT2D eigenvalue weighted by Gasteiger charge is 2.01. The number of ether oxygens (including phenoxy) is 1. The number of aromatic nitrogens is 3. The standard InChI is InChI=1S/C12H14ClN3O/c13-8-12-9-14-15-16(12)6-7-17-10-11-4-2-1-3-5-11/h1-5,9H,6-8,10H2. The van der Waals surface area contributed by atoms with Crippen LogP contribution in [-0.4, -0.2) is 21.6 Å². The maximum atomic E-state index is 5.74.